The quantitative estimate of drug-likeness (QED) is 0.772. The van der Waals surface area contributed by atoms with Crippen LogP contribution in [0, 0.1) is 0 Å². The lowest BCUT2D eigenvalue weighted by Gasteiger charge is -2.12. The Hall–Kier alpha value is -1.91. The zero-order valence-electron chi connectivity index (χ0n) is 11.4. The van der Waals surface area contributed by atoms with E-state index in [1.165, 1.54) is 10.4 Å². The summed E-state index contributed by atoms with van der Waals surface area (Å²) in [5.41, 5.74) is 2.37. The Morgan fingerprint density at radius 2 is 2.05 bits per heavy atom. The van der Waals surface area contributed by atoms with Crippen LogP contribution in [0.3, 0.4) is 0 Å². The molecule has 0 saturated carbocycles. The number of hydrogen-bond donors (Lipinski definition) is 1. The first-order valence-corrected chi connectivity index (χ1v) is 7.56. The van der Waals surface area contributed by atoms with Gasteiger partial charge in [0.05, 0.1) is 5.69 Å². The van der Waals surface area contributed by atoms with Crippen LogP contribution in [0.2, 0.25) is 0 Å². The molecule has 0 aliphatic carbocycles. The Kier molecular flexibility index (Phi) is 3.95. The molecule has 0 aliphatic heterocycles. The summed E-state index contributed by atoms with van der Waals surface area (Å²) in [5.74, 6) is 0. The highest BCUT2D eigenvalue weighted by molar-refractivity contribution is 7.10. The standard InChI is InChI=1S/C16H17N3S/c1-13(16-4-2-11-20-16)17-12-14-5-7-15(8-6-14)19-10-3-9-18-19/h2-11,13,17H,12H2,1H3. The van der Waals surface area contributed by atoms with E-state index in [1.807, 2.05) is 16.9 Å². The molecule has 1 unspecified atom stereocenters. The predicted octanol–water partition coefficient (Wildman–Crippen LogP) is 3.78. The molecule has 2 heterocycles. The third-order valence-corrected chi connectivity index (χ3v) is 4.34. The average Bonchev–Trinajstić information content (AvgIpc) is 3.18. The molecular formula is C16H17N3S. The Morgan fingerprint density at radius 1 is 1.20 bits per heavy atom. The van der Waals surface area contributed by atoms with E-state index < -0.39 is 0 Å². The van der Waals surface area contributed by atoms with Gasteiger partial charge in [0.1, 0.15) is 0 Å². The minimum atomic E-state index is 0.390. The van der Waals surface area contributed by atoms with Crippen molar-refractivity contribution in [2.45, 2.75) is 19.5 Å². The molecule has 20 heavy (non-hydrogen) atoms. The molecule has 1 N–H and O–H groups in total. The van der Waals surface area contributed by atoms with Gasteiger partial charge in [-0.3, -0.25) is 0 Å². The van der Waals surface area contributed by atoms with Crippen LogP contribution in [-0.4, -0.2) is 9.78 Å². The molecule has 102 valence electrons. The van der Waals surface area contributed by atoms with Crippen molar-refractivity contribution in [1.82, 2.24) is 15.1 Å². The number of nitrogens with one attached hydrogen (secondary N) is 1. The Balaban J connectivity index is 1.61. The van der Waals surface area contributed by atoms with E-state index in [-0.39, 0.29) is 0 Å². The van der Waals surface area contributed by atoms with Gasteiger partial charge in [0, 0.05) is 29.9 Å². The molecule has 0 spiro atoms. The summed E-state index contributed by atoms with van der Waals surface area (Å²) in [7, 11) is 0. The number of aromatic nitrogens is 2. The summed E-state index contributed by atoms with van der Waals surface area (Å²) >= 11 is 1.79. The number of rotatable bonds is 5. The van der Waals surface area contributed by atoms with Gasteiger partial charge >= 0.3 is 0 Å². The summed E-state index contributed by atoms with van der Waals surface area (Å²) in [6, 6.07) is 15.1. The van der Waals surface area contributed by atoms with E-state index in [2.05, 4.69) is 59.1 Å². The zero-order valence-corrected chi connectivity index (χ0v) is 12.2. The van der Waals surface area contributed by atoms with Crippen LogP contribution in [0.4, 0.5) is 0 Å². The predicted molar refractivity (Wildman–Crippen MR) is 83.1 cm³/mol. The molecule has 3 nitrogen and oxygen atoms in total. The number of hydrogen-bond acceptors (Lipinski definition) is 3. The van der Waals surface area contributed by atoms with Gasteiger partial charge in [-0.1, -0.05) is 18.2 Å². The molecule has 0 fully saturated rings. The number of nitrogens with zero attached hydrogens (tertiary/aromatic N) is 2. The van der Waals surface area contributed by atoms with Gasteiger partial charge in [0.2, 0.25) is 0 Å². The van der Waals surface area contributed by atoms with E-state index in [9.17, 15) is 0 Å². The maximum Gasteiger partial charge on any atom is 0.0645 e. The highest BCUT2D eigenvalue weighted by Crippen LogP contribution is 2.18. The summed E-state index contributed by atoms with van der Waals surface area (Å²) in [5, 5.41) is 9.89. The molecule has 3 rings (SSSR count). The largest absolute Gasteiger partial charge is 0.305 e. The molecular weight excluding hydrogens is 266 g/mol. The van der Waals surface area contributed by atoms with Crippen molar-refractivity contribution < 1.29 is 0 Å². The molecule has 1 aromatic carbocycles. The van der Waals surface area contributed by atoms with Crippen LogP contribution in [0.15, 0.2) is 60.2 Å². The molecule has 0 amide bonds. The maximum atomic E-state index is 4.23. The topological polar surface area (TPSA) is 29.9 Å². The summed E-state index contributed by atoms with van der Waals surface area (Å²) < 4.78 is 1.87. The van der Waals surface area contributed by atoms with Gasteiger partial charge in [-0.25, -0.2) is 4.68 Å². The average molecular weight is 283 g/mol. The minimum absolute atomic E-state index is 0.390. The SMILES string of the molecule is CC(NCc1ccc(-n2cccn2)cc1)c1cccs1. The lowest BCUT2D eigenvalue weighted by molar-refractivity contribution is 0.583. The van der Waals surface area contributed by atoms with Gasteiger partial charge < -0.3 is 5.32 Å². The second-order valence-corrected chi connectivity index (χ2v) is 5.71. The van der Waals surface area contributed by atoms with E-state index in [0.29, 0.717) is 6.04 Å². The molecule has 0 radical (unpaired) electrons. The lowest BCUT2D eigenvalue weighted by Crippen LogP contribution is -2.17. The first-order valence-electron chi connectivity index (χ1n) is 6.69. The van der Waals surface area contributed by atoms with Crippen LogP contribution < -0.4 is 5.32 Å². The van der Waals surface area contributed by atoms with Crippen molar-refractivity contribution in [2.24, 2.45) is 0 Å². The number of benzene rings is 1. The highest BCUT2D eigenvalue weighted by Gasteiger charge is 2.05. The van der Waals surface area contributed by atoms with Crippen molar-refractivity contribution in [1.29, 1.82) is 0 Å². The van der Waals surface area contributed by atoms with Gasteiger partial charge in [-0.15, -0.1) is 11.3 Å². The van der Waals surface area contributed by atoms with Gasteiger partial charge in [-0.2, -0.15) is 5.10 Å². The summed E-state index contributed by atoms with van der Waals surface area (Å²) in [4.78, 5) is 1.37. The normalized spacial score (nSPS) is 12.4. The van der Waals surface area contributed by atoms with Crippen LogP contribution in [0.1, 0.15) is 23.4 Å². The van der Waals surface area contributed by atoms with Crippen molar-refractivity contribution in [3.8, 4) is 5.69 Å². The molecule has 3 aromatic rings. The third kappa shape index (κ3) is 2.98. The van der Waals surface area contributed by atoms with E-state index in [1.54, 1.807) is 17.5 Å². The number of thiophene rings is 1. The van der Waals surface area contributed by atoms with Gasteiger partial charge in [0.15, 0.2) is 0 Å². The molecule has 0 aliphatic rings. The fraction of sp³-hybridized carbons (Fsp3) is 0.188. The van der Waals surface area contributed by atoms with Crippen LogP contribution in [0.5, 0.6) is 0 Å². The Bertz CT molecular complexity index is 627. The molecule has 0 saturated heterocycles. The van der Waals surface area contributed by atoms with Crippen LogP contribution >= 0.6 is 11.3 Å². The first-order chi connectivity index (χ1) is 9.83. The van der Waals surface area contributed by atoms with E-state index in [0.717, 1.165) is 12.2 Å². The second-order valence-electron chi connectivity index (χ2n) is 4.74. The van der Waals surface area contributed by atoms with E-state index >= 15 is 0 Å². The van der Waals surface area contributed by atoms with Crippen LogP contribution in [-0.2, 0) is 6.54 Å². The maximum absolute atomic E-state index is 4.23. The van der Waals surface area contributed by atoms with Crippen molar-refractivity contribution in [2.75, 3.05) is 0 Å². The summed E-state index contributed by atoms with van der Waals surface area (Å²) in [6.45, 7) is 3.07. The van der Waals surface area contributed by atoms with Crippen LogP contribution in [0.25, 0.3) is 5.69 Å². The van der Waals surface area contributed by atoms with E-state index in [4.69, 9.17) is 0 Å². The fourth-order valence-corrected chi connectivity index (χ4v) is 2.86. The Labute approximate surface area is 122 Å². The smallest absolute Gasteiger partial charge is 0.0645 e. The first kappa shape index (κ1) is 13.1. The fourth-order valence-electron chi connectivity index (χ4n) is 2.10. The van der Waals surface area contributed by atoms with Crippen molar-refractivity contribution in [3.63, 3.8) is 0 Å². The molecule has 4 heteroatoms. The van der Waals surface area contributed by atoms with Crippen molar-refractivity contribution in [3.05, 3.63) is 70.7 Å². The lowest BCUT2D eigenvalue weighted by atomic mass is 10.2. The minimum Gasteiger partial charge on any atom is -0.305 e. The summed E-state index contributed by atoms with van der Waals surface area (Å²) in [6.07, 6.45) is 3.74. The molecule has 2 aromatic heterocycles. The van der Waals surface area contributed by atoms with Gasteiger partial charge in [0.25, 0.3) is 0 Å². The second kappa shape index (κ2) is 6.03. The molecule has 0 bridgehead atoms. The monoisotopic (exact) mass is 283 g/mol. The van der Waals surface area contributed by atoms with Crippen molar-refractivity contribution >= 4 is 11.3 Å². The zero-order chi connectivity index (χ0) is 13.8. The highest BCUT2D eigenvalue weighted by atomic mass is 32.1. The van der Waals surface area contributed by atoms with Gasteiger partial charge in [-0.05, 0) is 42.1 Å². The Morgan fingerprint density at radius 3 is 2.70 bits per heavy atom. The third-order valence-electron chi connectivity index (χ3n) is 3.29. The molecule has 1 atom stereocenters.